The van der Waals surface area contributed by atoms with Crippen LogP contribution in [-0.4, -0.2) is 34.8 Å². The van der Waals surface area contributed by atoms with Crippen LogP contribution in [0.1, 0.15) is 16.1 Å². The highest BCUT2D eigenvalue weighted by Gasteiger charge is 2.38. The minimum atomic E-state index is -4.61. The van der Waals surface area contributed by atoms with Gasteiger partial charge in [0.15, 0.2) is 5.69 Å². The lowest BCUT2D eigenvalue weighted by Crippen LogP contribution is -2.19. The topological polar surface area (TPSA) is 63.1 Å². The van der Waals surface area contributed by atoms with Gasteiger partial charge in [0.25, 0.3) is 5.91 Å². The number of nitrogens with one attached hydrogen (secondary N) is 1. The summed E-state index contributed by atoms with van der Waals surface area (Å²) in [7, 11) is 4.65. The Labute approximate surface area is 124 Å². The highest BCUT2D eigenvalue weighted by Crippen LogP contribution is 2.34. The number of pyridine rings is 1. The number of hydrogen-bond acceptors (Lipinski definition) is 4. The number of aromatic nitrogens is 3. The van der Waals surface area contributed by atoms with Crippen molar-refractivity contribution in [2.24, 2.45) is 7.05 Å². The molecule has 0 atom stereocenters. The first-order valence-electron chi connectivity index (χ1n) is 6.24. The van der Waals surface area contributed by atoms with Crippen molar-refractivity contribution in [2.75, 3.05) is 24.3 Å². The molecule has 118 valence electrons. The zero-order valence-electron chi connectivity index (χ0n) is 12.1. The van der Waals surface area contributed by atoms with E-state index in [1.165, 1.54) is 18.3 Å². The summed E-state index contributed by atoms with van der Waals surface area (Å²) in [6.07, 6.45) is -2.23. The van der Waals surface area contributed by atoms with Gasteiger partial charge in [-0.1, -0.05) is 0 Å². The summed E-state index contributed by atoms with van der Waals surface area (Å²) in [5.41, 5.74) is -1.19. The lowest BCUT2D eigenvalue weighted by atomic mass is 10.2. The van der Waals surface area contributed by atoms with Crippen LogP contribution in [-0.2, 0) is 13.2 Å². The zero-order valence-corrected chi connectivity index (χ0v) is 12.1. The minimum absolute atomic E-state index is 0.204. The summed E-state index contributed by atoms with van der Waals surface area (Å²) in [5.74, 6) is -0.140. The Kier molecular flexibility index (Phi) is 4.07. The molecule has 0 spiro atoms. The van der Waals surface area contributed by atoms with Gasteiger partial charge in [-0.3, -0.25) is 9.48 Å². The number of carbonyl (C=O) groups is 1. The molecular formula is C13H14F3N5O. The van der Waals surface area contributed by atoms with Crippen molar-refractivity contribution in [3.63, 3.8) is 0 Å². The summed E-state index contributed by atoms with van der Waals surface area (Å²) in [4.78, 5) is 17.8. The fourth-order valence-electron chi connectivity index (χ4n) is 1.86. The number of nitrogens with zero attached hydrogens (tertiary/aromatic N) is 4. The van der Waals surface area contributed by atoms with Crippen LogP contribution in [0.15, 0.2) is 24.5 Å². The van der Waals surface area contributed by atoms with Gasteiger partial charge in [0, 0.05) is 32.9 Å². The SMILES string of the molecule is CN(C)c1cc(C(=O)Nc2cnn(C)c2C(F)(F)F)ccn1. The molecule has 0 bridgehead atoms. The molecule has 6 nitrogen and oxygen atoms in total. The van der Waals surface area contributed by atoms with E-state index in [0.29, 0.717) is 10.5 Å². The van der Waals surface area contributed by atoms with E-state index in [0.717, 1.165) is 13.2 Å². The number of alkyl halides is 3. The Morgan fingerprint density at radius 2 is 2.05 bits per heavy atom. The lowest BCUT2D eigenvalue weighted by Gasteiger charge is -2.13. The van der Waals surface area contributed by atoms with Crippen molar-refractivity contribution < 1.29 is 18.0 Å². The van der Waals surface area contributed by atoms with Gasteiger partial charge in [0.05, 0.1) is 11.9 Å². The first-order valence-corrected chi connectivity index (χ1v) is 6.24. The highest BCUT2D eigenvalue weighted by molar-refractivity contribution is 6.04. The van der Waals surface area contributed by atoms with E-state index in [2.05, 4.69) is 15.4 Å². The molecule has 2 aromatic rings. The molecule has 2 aromatic heterocycles. The average Bonchev–Trinajstić information content (AvgIpc) is 2.79. The number of hydrogen-bond donors (Lipinski definition) is 1. The van der Waals surface area contributed by atoms with Crippen LogP contribution in [0.25, 0.3) is 0 Å². The minimum Gasteiger partial charge on any atom is -0.363 e. The van der Waals surface area contributed by atoms with Gasteiger partial charge in [-0.05, 0) is 12.1 Å². The molecule has 0 aromatic carbocycles. The molecule has 2 heterocycles. The van der Waals surface area contributed by atoms with Gasteiger partial charge in [0.1, 0.15) is 5.82 Å². The maximum Gasteiger partial charge on any atom is 0.435 e. The van der Waals surface area contributed by atoms with Crippen LogP contribution >= 0.6 is 0 Å². The molecule has 0 aliphatic carbocycles. The Morgan fingerprint density at radius 1 is 1.36 bits per heavy atom. The molecule has 0 aliphatic rings. The van der Waals surface area contributed by atoms with Gasteiger partial charge in [-0.2, -0.15) is 18.3 Å². The van der Waals surface area contributed by atoms with Crippen LogP contribution in [0.4, 0.5) is 24.7 Å². The predicted molar refractivity (Wildman–Crippen MR) is 74.7 cm³/mol. The normalized spacial score (nSPS) is 11.4. The predicted octanol–water partition coefficient (Wildman–Crippen LogP) is 2.15. The third kappa shape index (κ3) is 3.18. The standard InChI is InChI=1S/C13H14F3N5O/c1-20(2)10-6-8(4-5-17-10)12(22)19-9-7-18-21(3)11(9)13(14,15)16/h4-7H,1-3H3,(H,19,22). The van der Waals surface area contributed by atoms with E-state index >= 15 is 0 Å². The van der Waals surface area contributed by atoms with Crippen LogP contribution in [0.2, 0.25) is 0 Å². The summed E-state index contributed by atoms with van der Waals surface area (Å²) in [6.45, 7) is 0. The Hall–Kier alpha value is -2.58. The van der Waals surface area contributed by atoms with Gasteiger partial charge in [0.2, 0.25) is 0 Å². The number of rotatable bonds is 3. The number of carbonyl (C=O) groups excluding carboxylic acids is 1. The number of anilines is 2. The molecule has 0 saturated heterocycles. The van der Waals surface area contributed by atoms with Gasteiger partial charge in [-0.25, -0.2) is 4.98 Å². The van der Waals surface area contributed by atoms with E-state index in [4.69, 9.17) is 0 Å². The molecule has 2 rings (SSSR count). The monoisotopic (exact) mass is 313 g/mol. The molecule has 1 amide bonds. The Balaban J connectivity index is 2.29. The van der Waals surface area contributed by atoms with E-state index < -0.39 is 17.8 Å². The molecule has 0 unspecified atom stereocenters. The van der Waals surface area contributed by atoms with E-state index in [9.17, 15) is 18.0 Å². The lowest BCUT2D eigenvalue weighted by molar-refractivity contribution is -0.143. The van der Waals surface area contributed by atoms with Crippen LogP contribution in [0.5, 0.6) is 0 Å². The number of aryl methyl sites for hydroxylation is 1. The van der Waals surface area contributed by atoms with Gasteiger partial charge >= 0.3 is 6.18 Å². The fraction of sp³-hybridized carbons (Fsp3) is 0.308. The molecule has 0 radical (unpaired) electrons. The number of halogens is 3. The Bertz CT molecular complexity index is 693. The van der Waals surface area contributed by atoms with Gasteiger partial charge in [-0.15, -0.1) is 0 Å². The van der Waals surface area contributed by atoms with E-state index in [-0.39, 0.29) is 11.3 Å². The first kappa shape index (κ1) is 15.8. The molecule has 0 fully saturated rings. The first-order chi connectivity index (χ1) is 10.2. The summed E-state index contributed by atoms with van der Waals surface area (Å²) >= 11 is 0. The highest BCUT2D eigenvalue weighted by atomic mass is 19.4. The molecule has 0 saturated carbocycles. The second-order valence-electron chi connectivity index (χ2n) is 4.78. The molecule has 1 N–H and O–H groups in total. The second-order valence-corrected chi connectivity index (χ2v) is 4.78. The molecule has 9 heteroatoms. The van der Waals surface area contributed by atoms with Crippen molar-refractivity contribution in [1.82, 2.24) is 14.8 Å². The molecule has 22 heavy (non-hydrogen) atoms. The summed E-state index contributed by atoms with van der Waals surface area (Å²) in [6, 6.07) is 2.91. The van der Waals surface area contributed by atoms with Crippen LogP contribution in [0.3, 0.4) is 0 Å². The van der Waals surface area contributed by atoms with Crippen molar-refractivity contribution in [3.8, 4) is 0 Å². The third-order valence-corrected chi connectivity index (χ3v) is 2.92. The van der Waals surface area contributed by atoms with Crippen molar-refractivity contribution in [1.29, 1.82) is 0 Å². The van der Waals surface area contributed by atoms with Crippen LogP contribution in [0, 0.1) is 0 Å². The third-order valence-electron chi connectivity index (χ3n) is 2.92. The second kappa shape index (κ2) is 5.66. The summed E-state index contributed by atoms with van der Waals surface area (Å²) < 4.78 is 39.5. The fourth-order valence-corrected chi connectivity index (χ4v) is 1.86. The summed E-state index contributed by atoms with van der Waals surface area (Å²) in [5, 5.41) is 5.77. The van der Waals surface area contributed by atoms with Crippen molar-refractivity contribution in [2.45, 2.75) is 6.18 Å². The average molecular weight is 313 g/mol. The zero-order chi connectivity index (χ0) is 16.5. The maximum atomic E-state index is 12.9. The quantitative estimate of drug-likeness (QED) is 0.943. The molecule has 0 aliphatic heterocycles. The van der Waals surface area contributed by atoms with Crippen molar-refractivity contribution >= 4 is 17.4 Å². The largest absolute Gasteiger partial charge is 0.435 e. The smallest absolute Gasteiger partial charge is 0.363 e. The van der Waals surface area contributed by atoms with Crippen LogP contribution < -0.4 is 10.2 Å². The maximum absolute atomic E-state index is 12.9. The van der Waals surface area contributed by atoms with Crippen molar-refractivity contribution in [3.05, 3.63) is 35.8 Å². The number of amides is 1. The van der Waals surface area contributed by atoms with E-state index in [1.54, 1.807) is 19.0 Å². The molecular weight excluding hydrogens is 299 g/mol. The Morgan fingerprint density at radius 3 is 2.64 bits per heavy atom. The van der Waals surface area contributed by atoms with E-state index in [1.807, 2.05) is 0 Å². The van der Waals surface area contributed by atoms with Gasteiger partial charge < -0.3 is 10.2 Å².